The minimum Gasteiger partial charge on any atom is -0.237 e. The van der Waals surface area contributed by atoms with Gasteiger partial charge in [-0.15, -0.1) is 0 Å². The summed E-state index contributed by atoms with van der Waals surface area (Å²) in [5.74, 6) is 0.230. The zero-order chi connectivity index (χ0) is 10.2. The smallest absolute Gasteiger partial charge is 0.237 e. The van der Waals surface area contributed by atoms with Crippen molar-refractivity contribution in [2.45, 2.75) is 18.6 Å². The van der Waals surface area contributed by atoms with Crippen LogP contribution in [0.2, 0.25) is 0 Å². The Kier molecular flexibility index (Phi) is 2.56. The first kappa shape index (κ1) is 10.4. The number of aryl methyl sites for hydroxylation is 1. The third-order valence-corrected chi connectivity index (χ3v) is 2.14. The second kappa shape index (κ2) is 3.21. The summed E-state index contributed by atoms with van der Waals surface area (Å²) in [6.07, 6.45) is 2.49. The molecule has 0 fully saturated rings. The summed E-state index contributed by atoms with van der Waals surface area (Å²) in [6, 6.07) is -3.70. The molecule has 0 amide bonds. The van der Waals surface area contributed by atoms with Crippen LogP contribution in [0.4, 0.5) is 13.2 Å². The Balaban J connectivity index is 3.14. The Morgan fingerprint density at radius 3 is 2.46 bits per heavy atom. The van der Waals surface area contributed by atoms with Crippen LogP contribution >= 0.6 is 11.6 Å². The van der Waals surface area contributed by atoms with Crippen LogP contribution in [0, 0.1) is 6.92 Å². The van der Waals surface area contributed by atoms with Gasteiger partial charge in [0.25, 0.3) is 11.5 Å². The lowest BCUT2D eigenvalue weighted by molar-refractivity contribution is -0.678. The summed E-state index contributed by atoms with van der Waals surface area (Å²) >= 11 is 4.74. The quantitative estimate of drug-likeness (QED) is 0.522. The van der Waals surface area contributed by atoms with Gasteiger partial charge in [-0.1, -0.05) is 11.6 Å². The second-order valence-corrected chi connectivity index (χ2v) is 3.10. The number of imidazole rings is 1. The fourth-order valence-corrected chi connectivity index (χ4v) is 1.08. The van der Waals surface area contributed by atoms with E-state index >= 15 is 0 Å². The van der Waals surface area contributed by atoms with Crippen LogP contribution in [0.25, 0.3) is 0 Å². The highest BCUT2D eigenvalue weighted by atomic mass is 35.5. The van der Waals surface area contributed by atoms with Gasteiger partial charge in [-0.25, -0.2) is 8.96 Å². The molecular formula is C7H9ClF3N2+. The summed E-state index contributed by atoms with van der Waals surface area (Å²) in [4.78, 5) is 0. The molecule has 2 nitrogen and oxygen atoms in total. The van der Waals surface area contributed by atoms with Crippen LogP contribution in [-0.2, 0) is 13.1 Å². The van der Waals surface area contributed by atoms with Gasteiger partial charge in [0.15, 0.2) is 0 Å². The predicted molar refractivity (Wildman–Crippen MR) is 41.3 cm³/mol. The minimum atomic E-state index is -3.70. The summed E-state index contributed by atoms with van der Waals surface area (Å²) < 4.78 is 40.3. The average molecular weight is 214 g/mol. The van der Waals surface area contributed by atoms with Gasteiger partial charge < -0.3 is 0 Å². The van der Waals surface area contributed by atoms with Crippen LogP contribution in [0.5, 0.6) is 0 Å². The zero-order valence-electron chi connectivity index (χ0n) is 7.14. The summed E-state index contributed by atoms with van der Waals surface area (Å²) in [5, 5.41) is 0. The molecule has 1 aromatic rings. The van der Waals surface area contributed by atoms with E-state index in [9.17, 15) is 13.2 Å². The molecule has 0 aliphatic carbocycles. The van der Waals surface area contributed by atoms with E-state index in [0.717, 1.165) is 6.20 Å². The maximum Gasteiger partial charge on any atom is 0.443 e. The highest BCUT2D eigenvalue weighted by Gasteiger charge is 2.47. The lowest BCUT2D eigenvalue weighted by Gasteiger charge is -2.12. The molecule has 0 aliphatic rings. The van der Waals surface area contributed by atoms with Crippen LogP contribution in [0.15, 0.2) is 12.4 Å². The first-order valence-corrected chi connectivity index (χ1v) is 4.01. The molecule has 1 atom stereocenters. The third-order valence-electron chi connectivity index (χ3n) is 1.88. The molecule has 13 heavy (non-hydrogen) atoms. The molecule has 1 rings (SSSR count). The lowest BCUT2D eigenvalue weighted by atomic mass is 10.5. The fourth-order valence-electron chi connectivity index (χ4n) is 0.973. The number of halogens is 4. The van der Waals surface area contributed by atoms with Gasteiger partial charge in [-0.05, 0) is 0 Å². The van der Waals surface area contributed by atoms with Crippen molar-refractivity contribution in [3.8, 4) is 0 Å². The topological polar surface area (TPSA) is 8.81 Å². The van der Waals surface area contributed by atoms with E-state index in [1.54, 1.807) is 7.05 Å². The number of nitrogens with zero attached hydrogens (tertiary/aromatic N) is 2. The number of alkyl halides is 4. The maximum absolute atomic E-state index is 13.0. The minimum absolute atomic E-state index is 0.230. The molecule has 6 heteroatoms. The van der Waals surface area contributed by atoms with Crippen molar-refractivity contribution >= 4 is 11.6 Å². The van der Waals surface area contributed by atoms with Gasteiger partial charge in [-0.3, -0.25) is 0 Å². The molecule has 1 unspecified atom stereocenters. The Bertz CT molecular complexity index is 309. The summed E-state index contributed by atoms with van der Waals surface area (Å²) in [5.41, 5.74) is -2.72. The lowest BCUT2D eigenvalue weighted by Crippen LogP contribution is -2.36. The first-order valence-electron chi connectivity index (χ1n) is 3.57. The van der Waals surface area contributed by atoms with Crippen molar-refractivity contribution < 1.29 is 17.7 Å². The van der Waals surface area contributed by atoms with E-state index in [1.165, 1.54) is 17.7 Å². The fraction of sp³-hybridized carbons (Fsp3) is 0.571. The third kappa shape index (κ3) is 1.65. The van der Waals surface area contributed by atoms with E-state index < -0.39 is 11.7 Å². The van der Waals surface area contributed by atoms with Gasteiger partial charge in [-0.2, -0.15) is 13.3 Å². The summed E-state index contributed by atoms with van der Waals surface area (Å²) in [6.45, 7) is 1.45. The zero-order valence-corrected chi connectivity index (χ0v) is 7.89. The average Bonchev–Trinajstić information content (AvgIpc) is 2.33. The first-order chi connectivity index (χ1) is 5.87. The van der Waals surface area contributed by atoms with Crippen molar-refractivity contribution in [3.63, 3.8) is 0 Å². The van der Waals surface area contributed by atoms with Crippen molar-refractivity contribution in [1.29, 1.82) is 0 Å². The predicted octanol–water partition coefficient (Wildman–Crippen LogP) is 1.70. The highest BCUT2D eigenvalue weighted by molar-refractivity contribution is 6.20. The molecule has 0 saturated heterocycles. The van der Waals surface area contributed by atoms with Gasteiger partial charge in [0.1, 0.15) is 12.4 Å². The van der Waals surface area contributed by atoms with Gasteiger partial charge in [0.05, 0.1) is 7.05 Å². The second-order valence-electron chi connectivity index (χ2n) is 2.71. The standard InChI is InChI=1S/C7H9ClF3N2/c1-5-12(2)3-4-13(5)7(10,11)6(8)9/h3-4,6H,1-2H3/q+1. The van der Waals surface area contributed by atoms with E-state index in [1.807, 2.05) is 0 Å². The van der Waals surface area contributed by atoms with Gasteiger partial charge in [0, 0.05) is 6.92 Å². The van der Waals surface area contributed by atoms with Crippen LogP contribution in [0.1, 0.15) is 5.82 Å². The molecule has 1 aromatic heterocycles. The molecule has 0 bridgehead atoms. The Morgan fingerprint density at radius 2 is 2.15 bits per heavy atom. The molecule has 0 radical (unpaired) electrons. The largest absolute Gasteiger partial charge is 0.443 e. The molecule has 0 aliphatic heterocycles. The van der Waals surface area contributed by atoms with Crippen LogP contribution in [0.3, 0.4) is 0 Å². The monoisotopic (exact) mass is 213 g/mol. The molecule has 0 aromatic carbocycles. The van der Waals surface area contributed by atoms with Crippen LogP contribution in [-0.4, -0.2) is 10.2 Å². The Labute approximate surface area is 78.5 Å². The van der Waals surface area contributed by atoms with E-state index in [4.69, 9.17) is 11.6 Å². The number of hydrogen-bond donors (Lipinski definition) is 0. The maximum atomic E-state index is 13.0. The van der Waals surface area contributed by atoms with Crippen molar-refractivity contribution in [3.05, 3.63) is 18.2 Å². The van der Waals surface area contributed by atoms with Gasteiger partial charge >= 0.3 is 6.05 Å². The van der Waals surface area contributed by atoms with E-state index in [-0.39, 0.29) is 5.82 Å². The Hall–Kier alpha value is -0.710. The highest BCUT2D eigenvalue weighted by Crippen LogP contribution is 2.30. The normalized spacial score (nSPS) is 14.6. The van der Waals surface area contributed by atoms with Crippen molar-refractivity contribution in [2.24, 2.45) is 7.05 Å². The summed E-state index contributed by atoms with van der Waals surface area (Å²) in [7, 11) is 1.59. The molecule has 74 valence electrons. The molecule has 0 saturated carbocycles. The molecular weight excluding hydrogens is 205 g/mol. The van der Waals surface area contributed by atoms with Gasteiger partial charge in [0.2, 0.25) is 0 Å². The molecule has 0 N–H and O–H groups in total. The van der Waals surface area contributed by atoms with Crippen molar-refractivity contribution in [1.82, 2.24) is 4.57 Å². The van der Waals surface area contributed by atoms with E-state index in [2.05, 4.69) is 0 Å². The number of hydrogen-bond acceptors (Lipinski definition) is 0. The molecule has 0 spiro atoms. The SMILES string of the molecule is Cc1n(C(F)(F)C(F)Cl)cc[n+]1C. The number of aromatic nitrogens is 2. The number of rotatable bonds is 2. The Morgan fingerprint density at radius 1 is 1.62 bits per heavy atom. The van der Waals surface area contributed by atoms with Crippen LogP contribution < -0.4 is 4.57 Å². The van der Waals surface area contributed by atoms with Crippen molar-refractivity contribution in [2.75, 3.05) is 0 Å². The molecule has 1 heterocycles. The van der Waals surface area contributed by atoms with E-state index in [0.29, 0.717) is 4.57 Å².